The molecule has 0 bridgehead atoms. The van der Waals surface area contributed by atoms with Gasteiger partial charge in [-0.1, -0.05) is 6.07 Å². The van der Waals surface area contributed by atoms with E-state index >= 15 is 0 Å². The lowest BCUT2D eigenvalue weighted by atomic mass is 10.2. The van der Waals surface area contributed by atoms with E-state index in [2.05, 4.69) is 26.6 Å². The lowest BCUT2D eigenvalue weighted by Gasteiger charge is -2.05. The van der Waals surface area contributed by atoms with Crippen molar-refractivity contribution in [2.75, 3.05) is 13.1 Å². The van der Waals surface area contributed by atoms with Crippen LogP contribution in [0.4, 0.5) is 4.39 Å². The summed E-state index contributed by atoms with van der Waals surface area (Å²) >= 11 is 3.11. The zero-order chi connectivity index (χ0) is 12.0. The number of carbonyl (C=O) groups is 1. The van der Waals surface area contributed by atoms with Gasteiger partial charge >= 0.3 is 0 Å². The molecule has 0 aliphatic rings. The van der Waals surface area contributed by atoms with Gasteiger partial charge in [0.25, 0.3) is 0 Å². The van der Waals surface area contributed by atoms with Crippen molar-refractivity contribution in [3.05, 3.63) is 34.1 Å². The first-order chi connectivity index (χ1) is 7.63. The summed E-state index contributed by atoms with van der Waals surface area (Å²) in [6.45, 7) is 3.30. The third kappa shape index (κ3) is 4.28. The van der Waals surface area contributed by atoms with E-state index in [1.54, 1.807) is 12.1 Å². The molecule has 1 amide bonds. The van der Waals surface area contributed by atoms with Crippen molar-refractivity contribution in [1.82, 2.24) is 10.6 Å². The van der Waals surface area contributed by atoms with Gasteiger partial charge in [0.2, 0.25) is 5.91 Å². The Hall–Kier alpha value is -0.940. The van der Waals surface area contributed by atoms with Gasteiger partial charge in [0.1, 0.15) is 5.82 Å². The molecule has 0 saturated carbocycles. The number of hydrogen-bond donors (Lipinski definition) is 2. The predicted octanol–water partition coefficient (Wildman–Crippen LogP) is 1.81. The number of carbonyl (C=O) groups excluding carboxylic acids is 1. The molecule has 3 nitrogen and oxygen atoms in total. The van der Waals surface area contributed by atoms with Crippen LogP contribution in [-0.4, -0.2) is 19.0 Å². The Labute approximate surface area is 103 Å². The molecule has 0 atom stereocenters. The number of hydrogen-bond acceptors (Lipinski definition) is 2. The van der Waals surface area contributed by atoms with E-state index in [1.807, 2.05) is 6.92 Å². The molecular formula is C11H14BrFN2O. The Morgan fingerprint density at radius 1 is 1.50 bits per heavy atom. The highest BCUT2D eigenvalue weighted by atomic mass is 79.9. The van der Waals surface area contributed by atoms with Crippen molar-refractivity contribution >= 4 is 21.8 Å². The Morgan fingerprint density at radius 2 is 2.25 bits per heavy atom. The van der Waals surface area contributed by atoms with Crippen LogP contribution in [0.1, 0.15) is 12.5 Å². The van der Waals surface area contributed by atoms with Crippen LogP contribution in [0.15, 0.2) is 22.7 Å². The highest BCUT2D eigenvalue weighted by Crippen LogP contribution is 2.16. The Kier molecular flexibility index (Phi) is 5.42. The van der Waals surface area contributed by atoms with Crippen LogP contribution >= 0.6 is 15.9 Å². The molecule has 1 aromatic carbocycles. The van der Waals surface area contributed by atoms with Gasteiger partial charge in [-0.3, -0.25) is 4.79 Å². The maximum Gasteiger partial charge on any atom is 0.233 e. The predicted molar refractivity (Wildman–Crippen MR) is 64.5 cm³/mol. The largest absolute Gasteiger partial charge is 0.355 e. The molecule has 0 unspecified atom stereocenters. The molecule has 0 aliphatic carbocycles. The maximum atomic E-state index is 12.9. The van der Waals surface area contributed by atoms with Gasteiger partial charge in [0, 0.05) is 13.1 Å². The van der Waals surface area contributed by atoms with Crippen molar-refractivity contribution in [3.8, 4) is 0 Å². The Balaban J connectivity index is 2.37. The van der Waals surface area contributed by atoms with Gasteiger partial charge < -0.3 is 10.6 Å². The fourth-order valence-corrected chi connectivity index (χ4v) is 1.66. The lowest BCUT2D eigenvalue weighted by molar-refractivity contribution is -0.120. The number of benzene rings is 1. The first kappa shape index (κ1) is 13.1. The van der Waals surface area contributed by atoms with Crippen molar-refractivity contribution in [2.45, 2.75) is 13.5 Å². The molecule has 0 spiro atoms. The molecule has 0 aliphatic heterocycles. The molecule has 5 heteroatoms. The minimum absolute atomic E-state index is 0.0383. The summed E-state index contributed by atoms with van der Waals surface area (Å²) in [5.41, 5.74) is 0.928. The van der Waals surface area contributed by atoms with Crippen molar-refractivity contribution in [2.24, 2.45) is 0 Å². The second kappa shape index (κ2) is 6.60. The van der Waals surface area contributed by atoms with Crippen LogP contribution < -0.4 is 10.6 Å². The average Bonchev–Trinajstić information content (AvgIpc) is 2.24. The van der Waals surface area contributed by atoms with E-state index in [4.69, 9.17) is 0 Å². The monoisotopic (exact) mass is 288 g/mol. The summed E-state index contributed by atoms with van der Waals surface area (Å²) in [7, 11) is 0. The number of amides is 1. The van der Waals surface area contributed by atoms with Gasteiger partial charge in [0.05, 0.1) is 11.0 Å². The zero-order valence-electron chi connectivity index (χ0n) is 9.02. The van der Waals surface area contributed by atoms with Gasteiger partial charge in [-0.05, 0) is 40.5 Å². The Morgan fingerprint density at radius 3 is 2.88 bits per heavy atom. The number of halogens is 2. The molecule has 0 fully saturated rings. The Bertz CT molecular complexity index is 371. The zero-order valence-corrected chi connectivity index (χ0v) is 10.6. The topological polar surface area (TPSA) is 41.1 Å². The van der Waals surface area contributed by atoms with Gasteiger partial charge in [-0.15, -0.1) is 0 Å². The van der Waals surface area contributed by atoms with Crippen molar-refractivity contribution in [3.63, 3.8) is 0 Å². The average molecular weight is 289 g/mol. The fourth-order valence-electron chi connectivity index (χ4n) is 1.23. The second-order valence-electron chi connectivity index (χ2n) is 3.31. The van der Waals surface area contributed by atoms with E-state index in [9.17, 15) is 9.18 Å². The molecule has 0 radical (unpaired) electrons. The molecule has 0 saturated heterocycles. The molecule has 2 N–H and O–H groups in total. The molecule has 1 aromatic rings. The third-order valence-electron chi connectivity index (χ3n) is 1.97. The minimum atomic E-state index is -0.285. The van der Waals surface area contributed by atoms with Crippen LogP contribution in [0.25, 0.3) is 0 Å². The summed E-state index contributed by atoms with van der Waals surface area (Å²) < 4.78 is 13.4. The standard InChI is InChI=1S/C11H14BrFN2O/c1-2-15-11(16)7-14-6-8-3-4-10(13)9(12)5-8/h3-5,14H,2,6-7H2,1H3,(H,15,16). The first-order valence-corrected chi connectivity index (χ1v) is 5.84. The van der Waals surface area contributed by atoms with Crippen LogP contribution in [0.3, 0.4) is 0 Å². The lowest BCUT2D eigenvalue weighted by Crippen LogP contribution is -2.33. The molecule has 0 aromatic heterocycles. The maximum absolute atomic E-state index is 12.9. The summed E-state index contributed by atoms with van der Waals surface area (Å²) in [6.07, 6.45) is 0. The van der Waals surface area contributed by atoms with Gasteiger partial charge in [-0.25, -0.2) is 4.39 Å². The summed E-state index contributed by atoms with van der Waals surface area (Å²) in [5.74, 6) is -0.323. The fraction of sp³-hybridized carbons (Fsp3) is 0.364. The van der Waals surface area contributed by atoms with E-state index in [0.717, 1.165) is 5.56 Å². The SMILES string of the molecule is CCNC(=O)CNCc1ccc(F)c(Br)c1. The molecular weight excluding hydrogens is 275 g/mol. The van der Waals surface area contributed by atoms with Crippen LogP contribution in [-0.2, 0) is 11.3 Å². The van der Waals surface area contributed by atoms with Gasteiger partial charge in [0.15, 0.2) is 0 Å². The summed E-state index contributed by atoms with van der Waals surface area (Å²) in [5, 5.41) is 5.66. The number of likely N-dealkylation sites (N-methyl/N-ethyl adjacent to an activating group) is 1. The van der Waals surface area contributed by atoms with Gasteiger partial charge in [-0.2, -0.15) is 0 Å². The highest BCUT2D eigenvalue weighted by molar-refractivity contribution is 9.10. The minimum Gasteiger partial charge on any atom is -0.355 e. The molecule has 88 valence electrons. The summed E-state index contributed by atoms with van der Waals surface area (Å²) in [6, 6.07) is 4.78. The van der Waals surface area contributed by atoms with Crippen LogP contribution in [0.5, 0.6) is 0 Å². The van der Waals surface area contributed by atoms with E-state index < -0.39 is 0 Å². The molecule has 16 heavy (non-hydrogen) atoms. The van der Waals surface area contributed by atoms with E-state index in [0.29, 0.717) is 17.6 Å². The van der Waals surface area contributed by atoms with Crippen molar-refractivity contribution < 1.29 is 9.18 Å². The first-order valence-electron chi connectivity index (χ1n) is 5.04. The second-order valence-corrected chi connectivity index (χ2v) is 4.16. The molecule has 1 rings (SSSR count). The smallest absolute Gasteiger partial charge is 0.233 e. The third-order valence-corrected chi connectivity index (χ3v) is 2.58. The highest BCUT2D eigenvalue weighted by Gasteiger charge is 2.01. The quantitative estimate of drug-likeness (QED) is 0.868. The normalized spacial score (nSPS) is 10.2. The summed E-state index contributed by atoms with van der Waals surface area (Å²) in [4.78, 5) is 11.1. The molecule has 0 heterocycles. The van der Waals surface area contributed by atoms with Crippen LogP contribution in [0, 0.1) is 5.82 Å². The number of rotatable bonds is 5. The number of nitrogens with one attached hydrogen (secondary N) is 2. The van der Waals surface area contributed by atoms with E-state index in [-0.39, 0.29) is 18.3 Å². The van der Waals surface area contributed by atoms with E-state index in [1.165, 1.54) is 6.07 Å². The van der Waals surface area contributed by atoms with Crippen molar-refractivity contribution in [1.29, 1.82) is 0 Å². The van der Waals surface area contributed by atoms with Crippen LogP contribution in [0.2, 0.25) is 0 Å².